The van der Waals surface area contributed by atoms with E-state index in [0.29, 0.717) is 30.5 Å². The Morgan fingerprint density at radius 1 is 0.982 bits per heavy atom. The summed E-state index contributed by atoms with van der Waals surface area (Å²) in [5, 5.41) is 9.39. The number of imide groups is 2. The first-order chi connectivity index (χ1) is 26.5. The van der Waals surface area contributed by atoms with Crippen LogP contribution in [0.4, 0.5) is 16.6 Å². The molecule has 18 heteroatoms. The molecule has 3 aromatic rings. The third kappa shape index (κ3) is 7.53. The van der Waals surface area contributed by atoms with Crippen molar-refractivity contribution in [2.24, 2.45) is 11.7 Å². The summed E-state index contributed by atoms with van der Waals surface area (Å²) in [5.41, 5.74) is 7.96. The molecule has 55 heavy (non-hydrogen) atoms. The average molecular weight is 770 g/mol. The minimum Gasteiger partial charge on any atom is -0.364 e. The summed E-state index contributed by atoms with van der Waals surface area (Å²) in [6.07, 6.45) is 5.08. The van der Waals surface area contributed by atoms with Crippen LogP contribution in [0.2, 0.25) is 0 Å². The Morgan fingerprint density at radius 2 is 1.76 bits per heavy atom. The van der Waals surface area contributed by atoms with E-state index in [-0.39, 0.29) is 47.8 Å². The molecule has 0 aliphatic carbocycles. The topological polar surface area (TPSA) is 216 Å². The van der Waals surface area contributed by atoms with Gasteiger partial charge in [0.05, 0.1) is 23.0 Å². The minimum atomic E-state index is -0.982. The summed E-state index contributed by atoms with van der Waals surface area (Å²) in [5.74, 6) is -1.79. The van der Waals surface area contributed by atoms with E-state index in [1.165, 1.54) is 11.5 Å². The maximum Gasteiger partial charge on any atom is 0.271 e. The highest BCUT2D eigenvalue weighted by Gasteiger charge is 2.45. The van der Waals surface area contributed by atoms with E-state index >= 15 is 0 Å². The van der Waals surface area contributed by atoms with Gasteiger partial charge in [-0.3, -0.25) is 48.8 Å². The summed E-state index contributed by atoms with van der Waals surface area (Å²) in [7, 11) is 0. The summed E-state index contributed by atoms with van der Waals surface area (Å²) in [6.45, 7) is 7.26. The van der Waals surface area contributed by atoms with Gasteiger partial charge in [-0.25, -0.2) is 9.97 Å². The Kier molecular flexibility index (Phi) is 10.0. The highest BCUT2D eigenvalue weighted by atomic mass is 32.1. The van der Waals surface area contributed by atoms with Crippen molar-refractivity contribution in [1.29, 1.82) is 0 Å². The van der Waals surface area contributed by atoms with Crippen molar-refractivity contribution in [1.82, 2.24) is 39.7 Å². The first-order valence-corrected chi connectivity index (χ1v) is 19.5. The number of likely N-dealkylation sites (tertiary alicyclic amines) is 2. The number of piperidine rings is 3. The number of carbonyl (C=O) groups is 6. The van der Waals surface area contributed by atoms with Crippen LogP contribution in [0.5, 0.6) is 0 Å². The summed E-state index contributed by atoms with van der Waals surface area (Å²) in [4.78, 5) is 92.6. The van der Waals surface area contributed by atoms with E-state index in [9.17, 15) is 28.8 Å². The van der Waals surface area contributed by atoms with Crippen LogP contribution in [0.3, 0.4) is 0 Å². The van der Waals surface area contributed by atoms with Crippen LogP contribution in [0.15, 0.2) is 30.5 Å². The van der Waals surface area contributed by atoms with Gasteiger partial charge in [-0.2, -0.15) is 4.37 Å². The predicted octanol–water partition coefficient (Wildman–Crippen LogP) is 1.17. The zero-order chi connectivity index (χ0) is 38.4. The van der Waals surface area contributed by atoms with Crippen molar-refractivity contribution in [3.63, 3.8) is 0 Å². The van der Waals surface area contributed by atoms with Gasteiger partial charge in [-0.15, -0.1) is 0 Å². The Hall–Kier alpha value is -5.33. The monoisotopic (exact) mass is 769 g/mol. The summed E-state index contributed by atoms with van der Waals surface area (Å²) < 4.78 is 4.27. The Balaban J connectivity index is 0.795. The Bertz CT molecular complexity index is 2060. The molecule has 288 valence electrons. The first kappa shape index (κ1) is 36.6. The molecule has 5 N–H and O–H groups in total. The van der Waals surface area contributed by atoms with Gasteiger partial charge in [0.15, 0.2) is 11.5 Å². The van der Waals surface area contributed by atoms with Crippen LogP contribution >= 0.6 is 11.5 Å². The SMILES string of the molecule is Cc1cc(Nc2nc(N3CCCC(NC(=O)C4CCN(C5CN(Cc6ccc7c(c6)C(=O)N(C6CCC(=O)NC6=O)C7=O)C5)CC4)C3)cnc2C(N)=O)sn1. The van der Waals surface area contributed by atoms with Gasteiger partial charge in [0.25, 0.3) is 17.7 Å². The number of nitrogens with two attached hydrogens (primary N) is 1. The number of hydrogen-bond acceptors (Lipinski definition) is 14. The molecule has 0 bridgehead atoms. The summed E-state index contributed by atoms with van der Waals surface area (Å²) in [6, 6.07) is 6.49. The molecule has 17 nitrogen and oxygen atoms in total. The van der Waals surface area contributed by atoms with Crippen LogP contribution in [0.25, 0.3) is 0 Å². The smallest absolute Gasteiger partial charge is 0.271 e. The Labute approximate surface area is 321 Å². The quantitative estimate of drug-likeness (QED) is 0.213. The molecule has 0 spiro atoms. The number of carbonyl (C=O) groups excluding carboxylic acids is 6. The van der Waals surface area contributed by atoms with Crippen molar-refractivity contribution in [2.45, 2.75) is 70.1 Å². The number of aryl methyl sites for hydroxylation is 1. The van der Waals surface area contributed by atoms with Crippen LogP contribution in [-0.2, 0) is 20.9 Å². The van der Waals surface area contributed by atoms with Gasteiger partial charge in [0, 0.05) is 57.1 Å². The number of fused-ring (bicyclic) bond motifs is 1. The third-order valence-corrected chi connectivity index (χ3v) is 12.0. The van der Waals surface area contributed by atoms with Crippen molar-refractivity contribution in [3.05, 3.63) is 58.5 Å². The van der Waals surface area contributed by atoms with Crippen LogP contribution in [0.1, 0.15) is 81.0 Å². The number of nitrogens with zero attached hydrogens (tertiary/aromatic N) is 7. The minimum absolute atomic E-state index is 0.0363. The zero-order valence-electron chi connectivity index (χ0n) is 30.5. The van der Waals surface area contributed by atoms with Gasteiger partial charge in [-0.1, -0.05) is 6.07 Å². The highest BCUT2D eigenvalue weighted by molar-refractivity contribution is 7.10. The van der Waals surface area contributed by atoms with Crippen LogP contribution in [-0.4, -0.2) is 122 Å². The van der Waals surface area contributed by atoms with Gasteiger partial charge in [0.2, 0.25) is 17.7 Å². The molecule has 5 aliphatic rings. The van der Waals surface area contributed by atoms with E-state index in [4.69, 9.17) is 10.7 Å². The number of primary amides is 1. The lowest BCUT2D eigenvalue weighted by Gasteiger charge is -2.47. The van der Waals surface area contributed by atoms with E-state index in [1.807, 2.05) is 19.1 Å². The number of amides is 6. The van der Waals surface area contributed by atoms with E-state index in [2.05, 4.69) is 40.0 Å². The molecular formula is C37H43N11O6S. The summed E-state index contributed by atoms with van der Waals surface area (Å²) >= 11 is 1.26. The predicted molar refractivity (Wildman–Crippen MR) is 201 cm³/mol. The number of nitrogens with one attached hydrogen (secondary N) is 3. The van der Waals surface area contributed by atoms with E-state index in [1.54, 1.807) is 18.3 Å². The van der Waals surface area contributed by atoms with Crippen molar-refractivity contribution >= 4 is 63.6 Å². The number of hydrogen-bond donors (Lipinski definition) is 4. The van der Waals surface area contributed by atoms with Gasteiger partial charge < -0.3 is 21.3 Å². The van der Waals surface area contributed by atoms with Crippen LogP contribution in [0, 0.1) is 12.8 Å². The molecule has 5 aliphatic heterocycles. The van der Waals surface area contributed by atoms with Crippen LogP contribution < -0.4 is 26.6 Å². The number of rotatable bonds is 10. The van der Waals surface area contributed by atoms with Crippen molar-refractivity contribution < 1.29 is 28.8 Å². The number of anilines is 3. The second-order valence-corrected chi connectivity index (χ2v) is 15.8. The average Bonchev–Trinajstić information content (AvgIpc) is 3.67. The molecule has 0 radical (unpaired) electrons. The molecule has 6 amide bonds. The zero-order valence-corrected chi connectivity index (χ0v) is 31.3. The third-order valence-electron chi connectivity index (χ3n) is 11.2. The van der Waals surface area contributed by atoms with Crippen molar-refractivity contribution in [2.75, 3.05) is 49.5 Å². The van der Waals surface area contributed by atoms with Crippen molar-refractivity contribution in [3.8, 4) is 0 Å². The molecule has 1 aromatic carbocycles. The normalized spacial score (nSPS) is 22.7. The molecule has 4 fully saturated rings. The fourth-order valence-electron chi connectivity index (χ4n) is 8.27. The molecule has 2 unspecified atom stereocenters. The second-order valence-electron chi connectivity index (χ2n) is 15.0. The lowest BCUT2D eigenvalue weighted by atomic mass is 9.92. The molecule has 7 heterocycles. The molecule has 2 atom stereocenters. The van der Waals surface area contributed by atoms with Gasteiger partial charge >= 0.3 is 0 Å². The standard InChI is InChI=1S/C37H43N11O6S/c1-20-13-30(55-44-20)43-33-31(32(38)50)39-15-28(41-33)47-10-2-3-23(17-47)40-34(51)22-8-11-46(12-9-22)24-18-45(19-24)16-21-4-5-25-26(14-21)37(54)48(36(25)53)27-6-7-29(49)42-35(27)52/h4-5,13-15,22-24,27H,2-3,6-12,16-19H2,1H3,(H2,38,50)(H,40,51)(H,41,43)(H,42,49,52). The van der Waals surface area contributed by atoms with Gasteiger partial charge in [0.1, 0.15) is 16.9 Å². The fourth-order valence-corrected chi connectivity index (χ4v) is 8.93. The fraction of sp³-hybridized carbons (Fsp3) is 0.486. The maximum absolute atomic E-state index is 13.4. The molecular weight excluding hydrogens is 727 g/mol. The Morgan fingerprint density at radius 3 is 2.49 bits per heavy atom. The largest absolute Gasteiger partial charge is 0.364 e. The number of benzene rings is 1. The highest BCUT2D eigenvalue weighted by Crippen LogP contribution is 2.31. The molecule has 8 rings (SSSR count). The van der Waals surface area contributed by atoms with Gasteiger partial charge in [-0.05, 0) is 87.4 Å². The van der Waals surface area contributed by atoms with E-state index in [0.717, 1.165) is 79.6 Å². The van der Waals surface area contributed by atoms with E-state index < -0.39 is 35.6 Å². The maximum atomic E-state index is 13.4. The number of aromatic nitrogens is 3. The second kappa shape index (κ2) is 15.1. The first-order valence-electron chi connectivity index (χ1n) is 18.7. The lowest BCUT2D eigenvalue weighted by Crippen LogP contribution is -2.60. The molecule has 2 aromatic heterocycles. The molecule has 4 saturated heterocycles. The molecule has 0 saturated carbocycles. The lowest BCUT2D eigenvalue weighted by molar-refractivity contribution is -0.136.